The lowest BCUT2D eigenvalue weighted by molar-refractivity contribution is 0.0712. The summed E-state index contributed by atoms with van der Waals surface area (Å²) in [6.07, 6.45) is 7.74. The van der Waals surface area contributed by atoms with Crippen molar-refractivity contribution in [3.8, 4) is 0 Å². The van der Waals surface area contributed by atoms with E-state index in [1.54, 1.807) is 0 Å². The molecule has 3 aromatic rings. The van der Waals surface area contributed by atoms with E-state index in [2.05, 4.69) is 25.0 Å². The smallest absolute Gasteiger partial charge is 0.276 e. The Morgan fingerprint density at radius 1 is 1.25 bits per heavy atom. The van der Waals surface area contributed by atoms with Gasteiger partial charge < -0.3 is 14.0 Å². The lowest BCUT2D eigenvalue weighted by Crippen LogP contribution is -2.38. The summed E-state index contributed by atoms with van der Waals surface area (Å²) in [5, 5.41) is 17.5. The predicted molar refractivity (Wildman–Crippen MR) is 115 cm³/mol. The standard InChI is InChI=1S/C23H29N7O2/c1-14-9-15(2)30(26-14)10-18-16(3)32-27-20(18)22(31)28-11-19(23(12-28)7-4-8-23)21-25-24-13-29(21)17-5-6-17/h9,13,17,19H,4-8,10-12H2,1-3H3. The molecule has 3 fully saturated rings. The van der Waals surface area contributed by atoms with Crippen molar-refractivity contribution in [3.05, 3.63) is 46.6 Å². The monoisotopic (exact) mass is 435 g/mol. The van der Waals surface area contributed by atoms with Gasteiger partial charge in [0.25, 0.3) is 5.91 Å². The van der Waals surface area contributed by atoms with Gasteiger partial charge in [0.05, 0.1) is 12.2 Å². The largest absolute Gasteiger partial charge is 0.361 e. The third-order valence-corrected chi connectivity index (χ3v) is 7.74. The zero-order valence-electron chi connectivity index (χ0n) is 18.9. The van der Waals surface area contributed by atoms with Crippen molar-refractivity contribution in [2.45, 2.75) is 71.4 Å². The van der Waals surface area contributed by atoms with E-state index in [0.717, 1.165) is 42.2 Å². The molecule has 9 heteroatoms. The van der Waals surface area contributed by atoms with E-state index in [-0.39, 0.29) is 17.2 Å². The van der Waals surface area contributed by atoms with E-state index in [0.29, 0.717) is 30.6 Å². The SMILES string of the molecule is Cc1cc(C)n(Cc2c(C(=O)N3CC(c4nncn4C4CC4)C4(CCC4)C3)noc2C)n1. The number of hydrogen-bond acceptors (Lipinski definition) is 6. The quantitative estimate of drug-likeness (QED) is 0.611. The molecular weight excluding hydrogens is 406 g/mol. The number of carbonyl (C=O) groups is 1. The molecule has 1 saturated heterocycles. The maximum atomic E-state index is 13.7. The summed E-state index contributed by atoms with van der Waals surface area (Å²) >= 11 is 0. The molecule has 1 amide bonds. The van der Waals surface area contributed by atoms with Gasteiger partial charge in [0.2, 0.25) is 0 Å². The molecule has 0 aromatic carbocycles. The third kappa shape index (κ3) is 3.01. The Balaban J connectivity index is 1.29. The molecule has 168 valence electrons. The van der Waals surface area contributed by atoms with Gasteiger partial charge in [0.15, 0.2) is 5.69 Å². The molecule has 1 unspecified atom stereocenters. The summed E-state index contributed by atoms with van der Waals surface area (Å²) in [5.41, 5.74) is 3.35. The van der Waals surface area contributed by atoms with E-state index in [9.17, 15) is 4.79 Å². The number of aryl methyl sites for hydroxylation is 3. The van der Waals surface area contributed by atoms with Crippen LogP contribution in [0, 0.1) is 26.2 Å². The first kappa shape index (κ1) is 19.7. The zero-order valence-corrected chi connectivity index (χ0v) is 18.9. The number of aromatic nitrogens is 6. The predicted octanol–water partition coefficient (Wildman–Crippen LogP) is 3.18. The first-order valence-electron chi connectivity index (χ1n) is 11.6. The van der Waals surface area contributed by atoms with Gasteiger partial charge in [-0.05, 0) is 57.9 Å². The van der Waals surface area contributed by atoms with Gasteiger partial charge in [-0.15, -0.1) is 10.2 Å². The Hall–Kier alpha value is -2.97. The van der Waals surface area contributed by atoms with Crippen LogP contribution in [-0.4, -0.2) is 53.6 Å². The summed E-state index contributed by atoms with van der Waals surface area (Å²) in [4.78, 5) is 15.6. The van der Waals surface area contributed by atoms with Crippen LogP contribution in [0.2, 0.25) is 0 Å². The van der Waals surface area contributed by atoms with Gasteiger partial charge in [-0.1, -0.05) is 11.6 Å². The highest BCUT2D eigenvalue weighted by atomic mass is 16.5. The number of hydrogen-bond donors (Lipinski definition) is 0. The van der Waals surface area contributed by atoms with E-state index in [1.165, 1.54) is 19.3 Å². The van der Waals surface area contributed by atoms with Crippen LogP contribution >= 0.6 is 0 Å². The van der Waals surface area contributed by atoms with Gasteiger partial charge in [0.1, 0.15) is 17.9 Å². The topological polar surface area (TPSA) is 94.9 Å². The molecule has 32 heavy (non-hydrogen) atoms. The van der Waals surface area contributed by atoms with E-state index in [1.807, 2.05) is 42.7 Å². The molecular formula is C23H29N7O2. The molecule has 0 bridgehead atoms. The van der Waals surface area contributed by atoms with Crippen molar-refractivity contribution in [2.24, 2.45) is 5.41 Å². The Morgan fingerprint density at radius 2 is 2.06 bits per heavy atom. The molecule has 2 aliphatic carbocycles. The van der Waals surface area contributed by atoms with E-state index < -0.39 is 0 Å². The molecule has 0 N–H and O–H groups in total. The Labute approximate surface area is 186 Å². The maximum absolute atomic E-state index is 13.7. The lowest BCUT2D eigenvalue weighted by Gasteiger charge is -2.42. The summed E-state index contributed by atoms with van der Waals surface area (Å²) in [5.74, 6) is 1.91. The molecule has 1 aliphatic heterocycles. The van der Waals surface area contributed by atoms with Crippen molar-refractivity contribution in [1.29, 1.82) is 0 Å². The normalized spacial score (nSPS) is 22.0. The van der Waals surface area contributed by atoms with Crippen LogP contribution < -0.4 is 0 Å². The van der Waals surface area contributed by atoms with Crippen molar-refractivity contribution >= 4 is 5.91 Å². The second-order valence-electron chi connectivity index (χ2n) is 9.93. The number of carbonyl (C=O) groups excluding carboxylic acids is 1. The van der Waals surface area contributed by atoms with Crippen LogP contribution in [-0.2, 0) is 6.54 Å². The van der Waals surface area contributed by atoms with Gasteiger partial charge in [-0.2, -0.15) is 5.10 Å². The Bertz CT molecular complexity index is 1180. The van der Waals surface area contributed by atoms with Crippen LogP contribution in [0.25, 0.3) is 0 Å². The van der Waals surface area contributed by atoms with Crippen LogP contribution in [0.1, 0.15) is 83.1 Å². The zero-order chi connectivity index (χ0) is 22.0. The summed E-state index contributed by atoms with van der Waals surface area (Å²) in [7, 11) is 0. The van der Waals surface area contributed by atoms with Crippen molar-refractivity contribution in [2.75, 3.05) is 13.1 Å². The molecule has 0 radical (unpaired) electrons. The van der Waals surface area contributed by atoms with Gasteiger partial charge >= 0.3 is 0 Å². The average Bonchev–Trinajstić information content (AvgIpc) is 3.07. The Kier molecular flexibility index (Phi) is 4.32. The van der Waals surface area contributed by atoms with Crippen LogP contribution in [0.4, 0.5) is 0 Å². The average molecular weight is 436 g/mol. The second kappa shape index (κ2) is 7.02. The van der Waals surface area contributed by atoms with Crippen molar-refractivity contribution in [3.63, 3.8) is 0 Å². The fraction of sp³-hybridized carbons (Fsp3) is 0.609. The lowest BCUT2D eigenvalue weighted by atomic mass is 9.62. The van der Waals surface area contributed by atoms with Crippen LogP contribution in [0.5, 0.6) is 0 Å². The minimum Gasteiger partial charge on any atom is -0.361 e. The molecule has 3 aromatic heterocycles. The first-order chi connectivity index (χ1) is 15.4. The maximum Gasteiger partial charge on any atom is 0.276 e. The first-order valence-corrected chi connectivity index (χ1v) is 11.6. The third-order valence-electron chi connectivity index (χ3n) is 7.74. The molecule has 1 spiro atoms. The Morgan fingerprint density at radius 3 is 2.72 bits per heavy atom. The van der Waals surface area contributed by atoms with Crippen LogP contribution in [0.3, 0.4) is 0 Å². The summed E-state index contributed by atoms with van der Waals surface area (Å²) in [6.45, 7) is 7.75. The molecule has 9 nitrogen and oxygen atoms in total. The minimum absolute atomic E-state index is 0.0513. The van der Waals surface area contributed by atoms with E-state index >= 15 is 0 Å². The highest BCUT2D eigenvalue weighted by molar-refractivity contribution is 5.94. The van der Waals surface area contributed by atoms with E-state index in [4.69, 9.17) is 4.52 Å². The minimum atomic E-state index is -0.0513. The fourth-order valence-corrected chi connectivity index (χ4v) is 5.63. The van der Waals surface area contributed by atoms with Crippen molar-refractivity contribution < 1.29 is 9.32 Å². The number of amides is 1. The molecule has 3 aliphatic rings. The van der Waals surface area contributed by atoms with Crippen molar-refractivity contribution in [1.82, 2.24) is 34.6 Å². The fourth-order valence-electron chi connectivity index (χ4n) is 5.63. The number of rotatable bonds is 5. The van der Waals surface area contributed by atoms with Gasteiger partial charge in [0, 0.05) is 36.3 Å². The highest BCUT2D eigenvalue weighted by Crippen LogP contribution is 2.56. The van der Waals surface area contributed by atoms with Crippen LogP contribution in [0.15, 0.2) is 16.9 Å². The molecule has 6 rings (SSSR count). The summed E-state index contributed by atoms with van der Waals surface area (Å²) < 4.78 is 9.64. The second-order valence-corrected chi connectivity index (χ2v) is 9.93. The summed E-state index contributed by atoms with van der Waals surface area (Å²) in [6, 6.07) is 2.57. The molecule has 1 atom stereocenters. The molecule has 2 saturated carbocycles. The number of likely N-dealkylation sites (tertiary alicyclic amines) is 1. The number of nitrogens with zero attached hydrogens (tertiary/aromatic N) is 7. The highest BCUT2D eigenvalue weighted by Gasteiger charge is 2.54. The molecule has 4 heterocycles. The van der Waals surface area contributed by atoms with Gasteiger partial charge in [-0.3, -0.25) is 9.48 Å². The van der Waals surface area contributed by atoms with Gasteiger partial charge in [-0.25, -0.2) is 0 Å².